The predicted molar refractivity (Wildman–Crippen MR) is 41.8 cm³/mol. The molecule has 0 spiro atoms. The molecule has 1 aliphatic carbocycles. The van der Waals surface area contributed by atoms with Crippen molar-refractivity contribution in [3.8, 4) is 0 Å². The normalized spacial score (nSPS) is 16.8. The largest absolute Gasteiger partial charge is 0.506 e. The van der Waals surface area contributed by atoms with Crippen LogP contribution in [0.4, 0.5) is 0 Å². The smallest absolute Gasteiger partial charge is 0.221 e. The molecule has 0 atom stereocenters. The van der Waals surface area contributed by atoms with E-state index < -0.39 is 0 Å². The number of amides is 1. The highest BCUT2D eigenvalue weighted by atomic mass is 16.3. The molecule has 3 nitrogen and oxygen atoms in total. The maximum atomic E-state index is 10.6. The Hall–Kier alpha value is -1.25. The third kappa shape index (κ3) is 2.11. The van der Waals surface area contributed by atoms with Gasteiger partial charge in [-0.3, -0.25) is 4.79 Å². The lowest BCUT2D eigenvalue weighted by Crippen LogP contribution is -2.21. The Morgan fingerprint density at radius 3 is 3.00 bits per heavy atom. The van der Waals surface area contributed by atoms with E-state index in [1.54, 1.807) is 6.08 Å². The Bertz CT molecular complexity index is 228. The lowest BCUT2D eigenvalue weighted by molar-refractivity contribution is -0.118. The summed E-state index contributed by atoms with van der Waals surface area (Å²) in [5, 5.41) is 11.8. The van der Waals surface area contributed by atoms with E-state index in [0.29, 0.717) is 12.1 Å². The molecule has 1 aliphatic rings. The van der Waals surface area contributed by atoms with Gasteiger partial charge in [-0.25, -0.2) is 0 Å². The SMILES string of the molecule is CC(=O)NC1=C(O)C=CCC1. The zero-order valence-electron chi connectivity index (χ0n) is 6.42. The van der Waals surface area contributed by atoms with Crippen molar-refractivity contribution in [3.05, 3.63) is 23.6 Å². The molecule has 60 valence electrons. The Labute approximate surface area is 65.4 Å². The van der Waals surface area contributed by atoms with Crippen LogP contribution in [0.1, 0.15) is 19.8 Å². The van der Waals surface area contributed by atoms with Crippen molar-refractivity contribution in [2.75, 3.05) is 0 Å². The molecule has 0 aromatic rings. The molecule has 0 bridgehead atoms. The Kier molecular flexibility index (Phi) is 2.31. The van der Waals surface area contributed by atoms with Gasteiger partial charge in [-0.05, 0) is 18.9 Å². The van der Waals surface area contributed by atoms with E-state index in [4.69, 9.17) is 0 Å². The molecule has 1 rings (SSSR count). The molecule has 0 fully saturated rings. The zero-order valence-corrected chi connectivity index (χ0v) is 6.42. The van der Waals surface area contributed by atoms with E-state index in [1.807, 2.05) is 6.08 Å². The minimum atomic E-state index is -0.137. The summed E-state index contributed by atoms with van der Waals surface area (Å²) < 4.78 is 0. The number of aliphatic hydroxyl groups is 1. The van der Waals surface area contributed by atoms with Gasteiger partial charge in [0.1, 0.15) is 5.76 Å². The summed E-state index contributed by atoms with van der Waals surface area (Å²) >= 11 is 0. The van der Waals surface area contributed by atoms with Gasteiger partial charge in [0.15, 0.2) is 0 Å². The Morgan fingerprint density at radius 2 is 2.45 bits per heavy atom. The number of carbonyl (C=O) groups is 1. The number of hydrogen-bond donors (Lipinski definition) is 2. The van der Waals surface area contributed by atoms with Crippen LogP contribution < -0.4 is 5.32 Å². The number of aliphatic hydroxyl groups excluding tert-OH is 1. The average molecular weight is 153 g/mol. The first kappa shape index (κ1) is 7.85. The minimum Gasteiger partial charge on any atom is -0.506 e. The lowest BCUT2D eigenvalue weighted by Gasteiger charge is -2.11. The molecule has 0 heterocycles. The number of hydrogen-bond acceptors (Lipinski definition) is 2. The molecular weight excluding hydrogens is 142 g/mol. The maximum Gasteiger partial charge on any atom is 0.221 e. The third-order valence-corrected chi connectivity index (χ3v) is 1.47. The molecule has 0 aromatic carbocycles. The van der Waals surface area contributed by atoms with Gasteiger partial charge in [0, 0.05) is 6.92 Å². The van der Waals surface area contributed by atoms with Crippen LogP contribution in [0.15, 0.2) is 23.6 Å². The molecule has 3 heteroatoms. The number of nitrogens with one attached hydrogen (secondary N) is 1. The fourth-order valence-corrected chi connectivity index (χ4v) is 0.990. The quantitative estimate of drug-likeness (QED) is 0.595. The van der Waals surface area contributed by atoms with Gasteiger partial charge in [-0.2, -0.15) is 0 Å². The number of carbonyl (C=O) groups excluding carboxylic acids is 1. The van der Waals surface area contributed by atoms with Crippen molar-refractivity contribution in [1.82, 2.24) is 5.32 Å². The van der Waals surface area contributed by atoms with Crippen LogP contribution in [-0.4, -0.2) is 11.0 Å². The second-order valence-corrected chi connectivity index (χ2v) is 2.49. The molecule has 11 heavy (non-hydrogen) atoms. The van der Waals surface area contributed by atoms with Crippen LogP contribution >= 0.6 is 0 Å². The molecule has 0 aliphatic heterocycles. The van der Waals surface area contributed by atoms with Crippen LogP contribution in [0.3, 0.4) is 0 Å². The van der Waals surface area contributed by atoms with E-state index in [2.05, 4.69) is 5.32 Å². The standard InChI is InChI=1S/C8H11NO2/c1-6(10)9-7-4-2-3-5-8(7)11/h3,5,11H,2,4H2,1H3,(H,9,10). The van der Waals surface area contributed by atoms with Crippen molar-refractivity contribution in [1.29, 1.82) is 0 Å². The van der Waals surface area contributed by atoms with Gasteiger partial charge in [0.25, 0.3) is 0 Å². The summed E-state index contributed by atoms with van der Waals surface area (Å²) in [6.07, 6.45) is 5.07. The van der Waals surface area contributed by atoms with Crippen LogP contribution in [0.25, 0.3) is 0 Å². The maximum absolute atomic E-state index is 10.6. The average Bonchev–Trinajstić information content (AvgIpc) is 1.93. The molecule has 0 aromatic heterocycles. The van der Waals surface area contributed by atoms with Gasteiger partial charge >= 0.3 is 0 Å². The summed E-state index contributed by atoms with van der Waals surface area (Å²) in [7, 11) is 0. The van der Waals surface area contributed by atoms with E-state index in [9.17, 15) is 9.90 Å². The first-order valence-corrected chi connectivity index (χ1v) is 3.56. The summed E-state index contributed by atoms with van der Waals surface area (Å²) in [5.74, 6) is 0.0355. The fraction of sp³-hybridized carbons (Fsp3) is 0.375. The fourth-order valence-electron chi connectivity index (χ4n) is 0.990. The molecule has 0 unspecified atom stereocenters. The van der Waals surface area contributed by atoms with Gasteiger partial charge in [-0.15, -0.1) is 0 Å². The molecule has 2 N–H and O–H groups in total. The van der Waals surface area contributed by atoms with E-state index >= 15 is 0 Å². The van der Waals surface area contributed by atoms with Crippen LogP contribution in [0.5, 0.6) is 0 Å². The summed E-state index contributed by atoms with van der Waals surface area (Å²) in [5.41, 5.74) is 0.625. The van der Waals surface area contributed by atoms with Crippen LogP contribution in [-0.2, 0) is 4.79 Å². The number of allylic oxidation sites excluding steroid dienone is 3. The molecule has 1 amide bonds. The summed E-state index contributed by atoms with van der Waals surface area (Å²) in [4.78, 5) is 10.6. The van der Waals surface area contributed by atoms with Gasteiger partial charge in [-0.1, -0.05) is 6.08 Å². The van der Waals surface area contributed by atoms with Gasteiger partial charge < -0.3 is 10.4 Å². The van der Waals surface area contributed by atoms with Gasteiger partial charge in [0.2, 0.25) is 5.91 Å². The number of rotatable bonds is 1. The first-order chi connectivity index (χ1) is 5.20. The summed E-state index contributed by atoms with van der Waals surface area (Å²) in [6, 6.07) is 0. The van der Waals surface area contributed by atoms with Crippen molar-refractivity contribution >= 4 is 5.91 Å². The van der Waals surface area contributed by atoms with Crippen molar-refractivity contribution in [3.63, 3.8) is 0 Å². The molecule has 0 saturated carbocycles. The van der Waals surface area contributed by atoms with E-state index in [0.717, 1.165) is 6.42 Å². The van der Waals surface area contributed by atoms with Crippen molar-refractivity contribution < 1.29 is 9.90 Å². The van der Waals surface area contributed by atoms with E-state index in [1.165, 1.54) is 6.92 Å². The highest BCUT2D eigenvalue weighted by Gasteiger charge is 2.07. The molecule has 0 radical (unpaired) electrons. The minimum absolute atomic E-state index is 0.137. The third-order valence-electron chi connectivity index (χ3n) is 1.47. The predicted octanol–water partition coefficient (Wildman–Crippen LogP) is 1.24. The van der Waals surface area contributed by atoms with E-state index in [-0.39, 0.29) is 11.7 Å². The second-order valence-electron chi connectivity index (χ2n) is 2.49. The molecular formula is C8H11NO2. The topological polar surface area (TPSA) is 49.3 Å². The molecule has 0 saturated heterocycles. The Morgan fingerprint density at radius 1 is 1.73 bits per heavy atom. The Balaban J connectivity index is 2.67. The summed E-state index contributed by atoms with van der Waals surface area (Å²) in [6.45, 7) is 1.43. The zero-order chi connectivity index (χ0) is 8.27. The monoisotopic (exact) mass is 153 g/mol. The van der Waals surface area contributed by atoms with Crippen LogP contribution in [0.2, 0.25) is 0 Å². The highest BCUT2D eigenvalue weighted by Crippen LogP contribution is 2.13. The van der Waals surface area contributed by atoms with Crippen molar-refractivity contribution in [2.24, 2.45) is 0 Å². The first-order valence-electron chi connectivity index (χ1n) is 3.56. The highest BCUT2D eigenvalue weighted by molar-refractivity contribution is 5.75. The lowest BCUT2D eigenvalue weighted by atomic mass is 10.1. The second kappa shape index (κ2) is 3.23. The van der Waals surface area contributed by atoms with Crippen molar-refractivity contribution in [2.45, 2.75) is 19.8 Å². The van der Waals surface area contributed by atoms with Gasteiger partial charge in [0.05, 0.1) is 5.70 Å². The van der Waals surface area contributed by atoms with Crippen LogP contribution in [0, 0.1) is 0 Å².